The van der Waals surface area contributed by atoms with Crippen molar-refractivity contribution in [2.45, 2.75) is 0 Å². The maximum Gasteiger partial charge on any atom is 0.202 e. The number of thiophene rings is 1. The average Bonchev–Trinajstić information content (AvgIpc) is 3.11. The summed E-state index contributed by atoms with van der Waals surface area (Å²) in [5.41, 5.74) is 1.28. The maximum atomic E-state index is 13.1. The lowest BCUT2D eigenvalue weighted by atomic mass is 10.0. The van der Waals surface area contributed by atoms with Crippen molar-refractivity contribution in [1.82, 2.24) is 0 Å². The van der Waals surface area contributed by atoms with Gasteiger partial charge >= 0.3 is 0 Å². The molecule has 5 aromatic rings. The molecule has 4 heteroatoms. The van der Waals surface area contributed by atoms with Crippen LogP contribution in [-0.2, 0) is 0 Å². The number of rotatable bonds is 1. The van der Waals surface area contributed by atoms with Crippen LogP contribution in [0.3, 0.4) is 0 Å². The Kier molecular flexibility index (Phi) is 2.73. The van der Waals surface area contributed by atoms with E-state index in [9.17, 15) is 4.79 Å². The molecule has 2 heterocycles. The smallest absolute Gasteiger partial charge is 0.202 e. The first-order valence-electron chi connectivity index (χ1n) is 7.60. The molecule has 5 rings (SSSR count). The van der Waals surface area contributed by atoms with Gasteiger partial charge in [0.2, 0.25) is 5.43 Å². The van der Waals surface area contributed by atoms with Gasteiger partial charge < -0.3 is 9.15 Å². The number of para-hydroxylation sites is 1. The summed E-state index contributed by atoms with van der Waals surface area (Å²) in [6, 6.07) is 15.3. The molecule has 3 aromatic carbocycles. The monoisotopic (exact) mass is 332 g/mol. The minimum atomic E-state index is 0.0250. The highest BCUT2D eigenvalue weighted by Crippen LogP contribution is 2.38. The summed E-state index contributed by atoms with van der Waals surface area (Å²) in [6.45, 7) is 0. The van der Waals surface area contributed by atoms with Crippen molar-refractivity contribution in [3.63, 3.8) is 0 Å². The minimum Gasteiger partial charge on any atom is -0.497 e. The standard InChI is InChI=1S/C20H12O3S/c1-22-11-6-7-12-15(10-11)13-8-9-24-20(13)17-18(21)14-4-2-3-5-16(14)23-19(12)17/h2-10H,1H3. The van der Waals surface area contributed by atoms with Gasteiger partial charge in [-0.15, -0.1) is 11.3 Å². The fourth-order valence-corrected chi connectivity index (χ4v) is 4.27. The van der Waals surface area contributed by atoms with Gasteiger partial charge in [0.05, 0.1) is 17.9 Å². The first-order chi connectivity index (χ1) is 11.8. The van der Waals surface area contributed by atoms with Gasteiger partial charge in [-0.3, -0.25) is 4.79 Å². The Bertz CT molecular complexity index is 1310. The Balaban J connectivity index is 2.16. The molecule has 0 aliphatic heterocycles. The van der Waals surface area contributed by atoms with Gasteiger partial charge in [0.1, 0.15) is 16.9 Å². The number of hydrogen-bond donors (Lipinski definition) is 0. The summed E-state index contributed by atoms with van der Waals surface area (Å²) in [4.78, 5) is 13.1. The zero-order chi connectivity index (χ0) is 16.3. The number of hydrogen-bond acceptors (Lipinski definition) is 4. The van der Waals surface area contributed by atoms with Crippen LogP contribution >= 0.6 is 11.3 Å². The van der Waals surface area contributed by atoms with Crippen LogP contribution in [0.2, 0.25) is 0 Å². The topological polar surface area (TPSA) is 39.4 Å². The first-order valence-corrected chi connectivity index (χ1v) is 8.48. The van der Waals surface area contributed by atoms with E-state index >= 15 is 0 Å². The van der Waals surface area contributed by atoms with Gasteiger partial charge in [-0.25, -0.2) is 0 Å². The molecular formula is C20H12O3S. The normalized spacial score (nSPS) is 11.7. The van der Waals surface area contributed by atoms with Crippen molar-refractivity contribution in [1.29, 1.82) is 0 Å². The molecule has 0 aliphatic rings. The largest absolute Gasteiger partial charge is 0.497 e. The summed E-state index contributed by atoms with van der Waals surface area (Å²) >= 11 is 1.57. The number of ether oxygens (including phenoxy) is 1. The van der Waals surface area contributed by atoms with Crippen molar-refractivity contribution in [2.24, 2.45) is 0 Å². The summed E-state index contributed by atoms with van der Waals surface area (Å²) in [5, 5.41) is 6.32. The molecule has 0 spiro atoms. The molecule has 116 valence electrons. The lowest BCUT2D eigenvalue weighted by molar-refractivity contribution is 0.415. The van der Waals surface area contributed by atoms with Crippen LogP contribution in [0.25, 0.3) is 42.8 Å². The minimum absolute atomic E-state index is 0.0250. The molecule has 24 heavy (non-hydrogen) atoms. The molecule has 0 amide bonds. The number of fused-ring (bicyclic) bond motifs is 7. The van der Waals surface area contributed by atoms with E-state index in [2.05, 4.69) is 6.07 Å². The molecule has 0 N–H and O–H groups in total. The zero-order valence-corrected chi connectivity index (χ0v) is 13.6. The van der Waals surface area contributed by atoms with Gasteiger partial charge in [0.25, 0.3) is 0 Å². The molecular weight excluding hydrogens is 320 g/mol. The summed E-state index contributed by atoms with van der Waals surface area (Å²) in [6.07, 6.45) is 0. The third-order valence-electron chi connectivity index (χ3n) is 4.45. The van der Waals surface area contributed by atoms with E-state index in [1.807, 2.05) is 47.8 Å². The second-order valence-corrected chi connectivity index (χ2v) is 6.62. The van der Waals surface area contributed by atoms with Crippen molar-refractivity contribution in [3.05, 3.63) is 64.1 Å². The highest BCUT2D eigenvalue weighted by atomic mass is 32.1. The van der Waals surface area contributed by atoms with E-state index in [1.54, 1.807) is 18.4 Å². The maximum absolute atomic E-state index is 13.1. The van der Waals surface area contributed by atoms with E-state index in [4.69, 9.17) is 9.15 Å². The molecule has 0 bridgehead atoms. The fraction of sp³-hybridized carbons (Fsp3) is 0.0500. The van der Waals surface area contributed by atoms with Crippen LogP contribution in [0.5, 0.6) is 5.75 Å². The zero-order valence-electron chi connectivity index (χ0n) is 12.8. The SMILES string of the molecule is COc1ccc2c(c1)c1ccsc1c1c(=O)c3ccccc3oc21. The van der Waals surface area contributed by atoms with Crippen molar-refractivity contribution >= 4 is 54.1 Å². The van der Waals surface area contributed by atoms with Crippen LogP contribution in [0.15, 0.2) is 63.1 Å². The highest BCUT2D eigenvalue weighted by Gasteiger charge is 2.16. The molecule has 0 saturated carbocycles. The second kappa shape index (κ2) is 4.82. The number of benzene rings is 3. The molecule has 0 aliphatic carbocycles. The summed E-state index contributed by atoms with van der Waals surface area (Å²) in [5.74, 6) is 0.789. The molecule has 0 unspecified atom stereocenters. The van der Waals surface area contributed by atoms with Crippen LogP contribution in [0.4, 0.5) is 0 Å². The van der Waals surface area contributed by atoms with E-state index in [-0.39, 0.29) is 5.43 Å². The van der Waals surface area contributed by atoms with Crippen LogP contribution in [0, 0.1) is 0 Å². The van der Waals surface area contributed by atoms with Gasteiger partial charge in [0, 0.05) is 15.5 Å². The quantitative estimate of drug-likeness (QED) is 0.308. The van der Waals surface area contributed by atoms with E-state index < -0.39 is 0 Å². The molecule has 0 atom stereocenters. The molecule has 0 saturated heterocycles. The Hall–Kier alpha value is -2.85. The third-order valence-corrected chi connectivity index (χ3v) is 5.38. The van der Waals surface area contributed by atoms with Gasteiger partial charge in [0.15, 0.2) is 0 Å². The van der Waals surface area contributed by atoms with Gasteiger partial charge in [-0.2, -0.15) is 0 Å². The molecule has 2 aromatic heterocycles. The van der Waals surface area contributed by atoms with E-state index in [0.717, 1.165) is 26.6 Å². The first kappa shape index (κ1) is 13.6. The third kappa shape index (κ3) is 1.69. The van der Waals surface area contributed by atoms with Crippen molar-refractivity contribution in [2.75, 3.05) is 7.11 Å². The lowest BCUT2D eigenvalue weighted by Gasteiger charge is -2.09. The van der Waals surface area contributed by atoms with E-state index in [0.29, 0.717) is 21.9 Å². The van der Waals surface area contributed by atoms with Crippen LogP contribution in [0.1, 0.15) is 0 Å². The predicted octanol–water partition coefficient (Wildman–Crippen LogP) is 5.32. The van der Waals surface area contributed by atoms with E-state index in [1.165, 1.54) is 0 Å². The number of methoxy groups -OCH3 is 1. The molecule has 0 fully saturated rings. The van der Waals surface area contributed by atoms with Gasteiger partial charge in [-0.05, 0) is 47.2 Å². The Morgan fingerprint density at radius 1 is 0.958 bits per heavy atom. The molecule has 3 nitrogen and oxygen atoms in total. The lowest BCUT2D eigenvalue weighted by Crippen LogP contribution is -2.02. The van der Waals surface area contributed by atoms with Crippen molar-refractivity contribution in [3.8, 4) is 5.75 Å². The predicted molar refractivity (Wildman–Crippen MR) is 99.4 cm³/mol. The summed E-state index contributed by atoms with van der Waals surface area (Å²) in [7, 11) is 1.65. The van der Waals surface area contributed by atoms with Gasteiger partial charge in [-0.1, -0.05) is 12.1 Å². The van der Waals surface area contributed by atoms with Crippen molar-refractivity contribution < 1.29 is 9.15 Å². The fourth-order valence-electron chi connectivity index (χ4n) is 3.32. The molecule has 0 radical (unpaired) electrons. The Labute approximate surface area is 140 Å². The average molecular weight is 332 g/mol. The second-order valence-electron chi connectivity index (χ2n) is 5.71. The Morgan fingerprint density at radius 3 is 2.71 bits per heavy atom. The summed E-state index contributed by atoms with van der Waals surface area (Å²) < 4.78 is 12.5. The Morgan fingerprint density at radius 2 is 1.83 bits per heavy atom. The van der Waals surface area contributed by atoms with Crippen LogP contribution < -0.4 is 10.2 Å². The highest BCUT2D eigenvalue weighted by molar-refractivity contribution is 7.18. The van der Waals surface area contributed by atoms with Crippen LogP contribution in [-0.4, -0.2) is 7.11 Å².